The number of allylic oxidation sites excluding steroid dienone is 1. The molecule has 111 valence electrons. The van der Waals surface area contributed by atoms with E-state index < -0.39 is 0 Å². The molecular weight excluding hydrogens is 329 g/mol. The average Bonchev–Trinajstić information content (AvgIpc) is 2.56. The third-order valence-corrected chi connectivity index (χ3v) is 5.80. The van der Waals surface area contributed by atoms with Gasteiger partial charge in [0.2, 0.25) is 0 Å². The van der Waals surface area contributed by atoms with E-state index in [1.54, 1.807) is 0 Å². The molecule has 0 amide bonds. The molecule has 2 aliphatic rings. The van der Waals surface area contributed by atoms with Gasteiger partial charge in [-0.15, -0.1) is 6.58 Å². The van der Waals surface area contributed by atoms with Crippen molar-refractivity contribution in [3.8, 4) is 0 Å². The monoisotopic (exact) mass is 356 g/mol. The molecule has 0 nitrogen and oxygen atoms in total. The Kier molecular flexibility index (Phi) is 7.16. The maximum Gasteiger partial charge on any atom is 0 e. The van der Waals surface area contributed by atoms with Crippen LogP contribution in [0, 0.1) is 23.8 Å². The Labute approximate surface area is 155 Å². The number of benzene rings is 1. The van der Waals surface area contributed by atoms with E-state index in [1.807, 2.05) is 0 Å². The third kappa shape index (κ3) is 4.52. The van der Waals surface area contributed by atoms with Crippen LogP contribution in [0.3, 0.4) is 0 Å². The van der Waals surface area contributed by atoms with Gasteiger partial charge in [0.25, 0.3) is 0 Å². The summed E-state index contributed by atoms with van der Waals surface area (Å²) in [5.74, 6) is 3.64. The Morgan fingerprint density at radius 1 is 0.857 bits per heavy atom. The maximum atomic E-state index is 3.96. The summed E-state index contributed by atoms with van der Waals surface area (Å²) in [5, 5.41) is 0. The van der Waals surface area contributed by atoms with Gasteiger partial charge in [-0.1, -0.05) is 6.08 Å². The van der Waals surface area contributed by atoms with E-state index >= 15 is 0 Å². The van der Waals surface area contributed by atoms with Gasteiger partial charge < -0.3 is 0 Å². The smallest absolute Gasteiger partial charge is 0 e. The molecule has 1 heteroatoms. The van der Waals surface area contributed by atoms with Crippen molar-refractivity contribution in [3.63, 3.8) is 0 Å². The fourth-order valence-corrected chi connectivity index (χ4v) is 4.45. The van der Waals surface area contributed by atoms with Crippen LogP contribution >= 0.6 is 0 Å². The molecule has 2 aliphatic carbocycles. The Morgan fingerprint density at radius 3 is 1.90 bits per heavy atom. The van der Waals surface area contributed by atoms with Crippen LogP contribution < -0.4 is 0 Å². The molecule has 0 heterocycles. The molecule has 0 bridgehead atoms. The van der Waals surface area contributed by atoms with Crippen LogP contribution in [-0.4, -0.2) is 0 Å². The van der Waals surface area contributed by atoms with Crippen molar-refractivity contribution in [2.45, 2.75) is 57.3 Å². The first-order valence-corrected chi connectivity index (χ1v) is 8.45. The summed E-state index contributed by atoms with van der Waals surface area (Å²) in [4.78, 5) is 0. The largest absolute Gasteiger partial charge is 0.184 e. The molecular formula is C20H27Y-. The number of hydrogen-bond acceptors (Lipinski definition) is 0. The standard InChI is InChI=1S/C20H27.Y/c1-2-16-8-10-18(11-9-16)20-14-12-19(13-15-20)17-6-4-3-5-7-17;/h2,4-7,16,18-20H,1,8-15H2;/q-1;. The van der Waals surface area contributed by atoms with Gasteiger partial charge >= 0.3 is 0 Å². The Balaban J connectivity index is 0.00000161. The van der Waals surface area contributed by atoms with Crippen molar-refractivity contribution in [2.75, 3.05) is 0 Å². The van der Waals surface area contributed by atoms with Crippen molar-refractivity contribution in [2.24, 2.45) is 17.8 Å². The van der Waals surface area contributed by atoms with E-state index in [-0.39, 0.29) is 32.7 Å². The normalized spacial score (nSPS) is 33.0. The molecule has 1 radical (unpaired) electrons. The minimum Gasteiger partial charge on any atom is -0.184 e. The molecule has 1 aromatic carbocycles. The Hall–Kier alpha value is 0.0639. The van der Waals surface area contributed by atoms with Crippen molar-refractivity contribution < 1.29 is 32.7 Å². The fourth-order valence-electron chi connectivity index (χ4n) is 4.45. The van der Waals surface area contributed by atoms with Crippen LogP contribution in [0.5, 0.6) is 0 Å². The second-order valence-corrected chi connectivity index (χ2v) is 6.86. The molecule has 21 heavy (non-hydrogen) atoms. The third-order valence-electron chi connectivity index (χ3n) is 5.80. The van der Waals surface area contributed by atoms with Gasteiger partial charge in [-0.25, -0.2) is 0 Å². The predicted octanol–water partition coefficient (Wildman–Crippen LogP) is 5.75. The van der Waals surface area contributed by atoms with Gasteiger partial charge in [0.1, 0.15) is 0 Å². The quantitative estimate of drug-likeness (QED) is 0.478. The van der Waals surface area contributed by atoms with Crippen LogP contribution in [0.4, 0.5) is 0 Å². The predicted molar refractivity (Wildman–Crippen MR) is 85.6 cm³/mol. The molecule has 0 atom stereocenters. The number of rotatable bonds is 3. The molecule has 0 saturated heterocycles. The van der Waals surface area contributed by atoms with Crippen molar-refractivity contribution in [1.29, 1.82) is 0 Å². The summed E-state index contributed by atoms with van der Waals surface area (Å²) in [6.45, 7) is 3.96. The van der Waals surface area contributed by atoms with E-state index in [2.05, 4.69) is 43.0 Å². The van der Waals surface area contributed by atoms with Crippen LogP contribution in [0.25, 0.3) is 0 Å². The van der Waals surface area contributed by atoms with Crippen molar-refractivity contribution in [3.05, 3.63) is 48.6 Å². The minimum atomic E-state index is 0. The Morgan fingerprint density at radius 2 is 1.38 bits per heavy atom. The molecule has 2 saturated carbocycles. The molecule has 0 unspecified atom stereocenters. The maximum absolute atomic E-state index is 3.96. The van der Waals surface area contributed by atoms with Crippen LogP contribution in [0.15, 0.2) is 36.9 Å². The summed E-state index contributed by atoms with van der Waals surface area (Å²) in [5.41, 5.74) is 1.54. The summed E-state index contributed by atoms with van der Waals surface area (Å²) in [7, 11) is 0. The summed E-state index contributed by atoms with van der Waals surface area (Å²) in [6, 6.07) is 11.8. The first-order valence-electron chi connectivity index (χ1n) is 8.45. The fraction of sp³-hybridized carbons (Fsp3) is 0.600. The van der Waals surface area contributed by atoms with Gasteiger partial charge in [0, 0.05) is 32.7 Å². The van der Waals surface area contributed by atoms with Gasteiger partial charge in [-0.3, -0.25) is 0 Å². The molecule has 1 aromatic rings. The zero-order valence-corrected chi connectivity index (χ0v) is 16.0. The average molecular weight is 356 g/mol. The Bertz CT molecular complexity index is 409. The van der Waals surface area contributed by atoms with Crippen LogP contribution in [0.2, 0.25) is 0 Å². The van der Waals surface area contributed by atoms with E-state index in [0.29, 0.717) is 0 Å². The van der Waals surface area contributed by atoms with E-state index in [4.69, 9.17) is 0 Å². The van der Waals surface area contributed by atoms with E-state index in [9.17, 15) is 0 Å². The summed E-state index contributed by atoms with van der Waals surface area (Å²) in [6.07, 6.45) is 13.6. The van der Waals surface area contributed by atoms with Crippen LogP contribution in [0.1, 0.15) is 62.8 Å². The van der Waals surface area contributed by atoms with E-state index in [1.165, 1.54) is 56.9 Å². The zero-order chi connectivity index (χ0) is 13.8. The minimum absolute atomic E-state index is 0. The van der Waals surface area contributed by atoms with Gasteiger partial charge in [0.05, 0.1) is 0 Å². The van der Waals surface area contributed by atoms with Crippen LogP contribution in [-0.2, 0) is 32.7 Å². The topological polar surface area (TPSA) is 0 Å². The van der Waals surface area contributed by atoms with Gasteiger partial charge in [-0.05, 0) is 75.0 Å². The first-order chi connectivity index (χ1) is 9.86. The summed E-state index contributed by atoms with van der Waals surface area (Å²) >= 11 is 0. The molecule has 0 spiro atoms. The number of hydrogen-bond donors (Lipinski definition) is 0. The first kappa shape index (κ1) is 17.4. The molecule has 2 fully saturated rings. The van der Waals surface area contributed by atoms with Crippen molar-refractivity contribution in [1.82, 2.24) is 0 Å². The molecule has 3 rings (SSSR count). The zero-order valence-electron chi connectivity index (χ0n) is 13.1. The second-order valence-electron chi connectivity index (χ2n) is 6.86. The van der Waals surface area contributed by atoms with Gasteiger partial charge in [0.15, 0.2) is 0 Å². The molecule has 0 aromatic heterocycles. The van der Waals surface area contributed by atoms with E-state index in [0.717, 1.165) is 23.7 Å². The second kappa shape index (κ2) is 8.63. The summed E-state index contributed by atoms with van der Waals surface area (Å²) < 4.78 is 0. The van der Waals surface area contributed by atoms with Gasteiger partial charge in [-0.2, -0.15) is 35.9 Å². The van der Waals surface area contributed by atoms with Crippen molar-refractivity contribution >= 4 is 0 Å². The molecule has 0 N–H and O–H groups in total. The molecule has 0 aliphatic heterocycles. The SMILES string of the molecule is C=CC1CCC(C2CCC(c3cc[c-]cc3)CC2)CC1.[Y].